The topological polar surface area (TPSA) is 58.9 Å². The van der Waals surface area contributed by atoms with Crippen LogP contribution in [0, 0.1) is 5.92 Å². The van der Waals surface area contributed by atoms with Crippen molar-refractivity contribution in [1.82, 2.24) is 0 Å². The molecule has 1 aromatic rings. The van der Waals surface area contributed by atoms with Gasteiger partial charge in [-0.25, -0.2) is 9.79 Å². The van der Waals surface area contributed by atoms with Crippen molar-refractivity contribution in [2.24, 2.45) is 10.9 Å². The molecule has 0 saturated heterocycles. The molecule has 1 aliphatic rings. The summed E-state index contributed by atoms with van der Waals surface area (Å²) in [5, 5.41) is 10.1. The molecule has 0 radical (unpaired) electrons. The largest absolute Gasteiger partial charge is 0.432 e. The zero-order chi connectivity index (χ0) is 12.4. The van der Waals surface area contributed by atoms with Crippen molar-refractivity contribution >= 4 is 11.7 Å². The van der Waals surface area contributed by atoms with E-state index in [2.05, 4.69) is 4.99 Å². The van der Waals surface area contributed by atoms with Gasteiger partial charge in [0.05, 0.1) is 0 Å². The highest BCUT2D eigenvalue weighted by molar-refractivity contribution is 6.38. The molecule has 17 heavy (non-hydrogen) atoms. The lowest BCUT2D eigenvalue weighted by molar-refractivity contribution is -0.142. The summed E-state index contributed by atoms with van der Waals surface area (Å²) in [6, 6.07) is 9.06. The Bertz CT molecular complexity index is 439. The van der Waals surface area contributed by atoms with Gasteiger partial charge < -0.3 is 9.84 Å². The van der Waals surface area contributed by atoms with Crippen LogP contribution in [0.3, 0.4) is 0 Å². The number of rotatable bonds is 3. The number of hydrogen-bond acceptors (Lipinski definition) is 4. The van der Waals surface area contributed by atoms with Gasteiger partial charge in [-0.3, -0.25) is 0 Å². The van der Waals surface area contributed by atoms with E-state index < -0.39 is 18.3 Å². The first-order valence-corrected chi connectivity index (χ1v) is 5.61. The number of nitrogens with zero attached hydrogens (tertiary/aromatic N) is 1. The summed E-state index contributed by atoms with van der Waals surface area (Å²) in [6.45, 7) is 3.74. The number of carbonyl (C=O) groups is 1. The highest BCUT2D eigenvalue weighted by atomic mass is 16.6. The second kappa shape index (κ2) is 4.67. The van der Waals surface area contributed by atoms with E-state index in [-0.39, 0.29) is 5.92 Å². The minimum atomic E-state index is -0.906. The molecule has 4 heteroatoms. The molecule has 0 aliphatic carbocycles. The Labute approximate surface area is 99.9 Å². The van der Waals surface area contributed by atoms with Crippen LogP contribution in [0.15, 0.2) is 35.3 Å². The zero-order valence-corrected chi connectivity index (χ0v) is 9.83. The molecular weight excluding hydrogens is 218 g/mol. The van der Waals surface area contributed by atoms with Crippen molar-refractivity contribution < 1.29 is 14.6 Å². The Morgan fingerprint density at radius 1 is 1.29 bits per heavy atom. The van der Waals surface area contributed by atoms with Gasteiger partial charge in [0.2, 0.25) is 6.23 Å². The van der Waals surface area contributed by atoms with Crippen molar-refractivity contribution in [2.75, 3.05) is 0 Å². The number of benzene rings is 1. The molecule has 0 bridgehead atoms. The number of esters is 1. The molecule has 1 aliphatic heterocycles. The number of hydrogen-bond donors (Lipinski definition) is 1. The monoisotopic (exact) mass is 233 g/mol. The molecule has 90 valence electrons. The van der Waals surface area contributed by atoms with Gasteiger partial charge in [-0.15, -0.1) is 0 Å². The summed E-state index contributed by atoms with van der Waals surface area (Å²) in [4.78, 5) is 15.6. The second-order valence-electron chi connectivity index (χ2n) is 4.32. The number of cyclic esters (lactones) is 1. The van der Waals surface area contributed by atoms with E-state index in [0.29, 0.717) is 11.3 Å². The molecule has 2 unspecified atom stereocenters. The highest BCUT2D eigenvalue weighted by Gasteiger charge is 2.34. The SMILES string of the molecule is CC(C)C1=NC(C(O)c2ccccc2)OC1=O. The summed E-state index contributed by atoms with van der Waals surface area (Å²) in [5.74, 6) is -0.421. The van der Waals surface area contributed by atoms with Gasteiger partial charge in [-0.2, -0.15) is 0 Å². The van der Waals surface area contributed by atoms with Gasteiger partial charge in [0.15, 0.2) is 0 Å². The second-order valence-corrected chi connectivity index (χ2v) is 4.32. The van der Waals surface area contributed by atoms with Crippen LogP contribution in [0.2, 0.25) is 0 Å². The molecule has 0 aromatic heterocycles. The first kappa shape index (κ1) is 11.8. The molecule has 0 fully saturated rings. The van der Waals surface area contributed by atoms with Gasteiger partial charge in [-0.1, -0.05) is 44.2 Å². The smallest absolute Gasteiger partial charge is 0.354 e. The number of aliphatic hydroxyl groups is 1. The van der Waals surface area contributed by atoms with Crippen molar-refractivity contribution in [3.8, 4) is 0 Å². The molecule has 2 atom stereocenters. The van der Waals surface area contributed by atoms with Crippen LogP contribution in [0.4, 0.5) is 0 Å². The van der Waals surface area contributed by atoms with E-state index >= 15 is 0 Å². The quantitative estimate of drug-likeness (QED) is 0.808. The summed E-state index contributed by atoms with van der Waals surface area (Å²) < 4.78 is 5.06. The molecular formula is C13H15NO3. The van der Waals surface area contributed by atoms with Gasteiger partial charge in [-0.05, 0) is 5.56 Å². The van der Waals surface area contributed by atoms with E-state index in [9.17, 15) is 9.90 Å². The van der Waals surface area contributed by atoms with E-state index in [1.807, 2.05) is 32.0 Å². The maximum atomic E-state index is 11.5. The molecule has 0 saturated carbocycles. The standard InChI is InChI=1S/C13H15NO3/c1-8(2)10-13(16)17-12(14-10)11(15)9-6-4-3-5-7-9/h3-8,11-12,15H,1-2H3. The van der Waals surface area contributed by atoms with Crippen molar-refractivity contribution in [2.45, 2.75) is 26.2 Å². The van der Waals surface area contributed by atoms with Crippen molar-refractivity contribution in [1.29, 1.82) is 0 Å². The third-order valence-electron chi connectivity index (χ3n) is 2.66. The molecule has 1 heterocycles. The molecule has 0 spiro atoms. The maximum absolute atomic E-state index is 11.5. The normalized spacial score (nSPS) is 21.3. The Morgan fingerprint density at radius 2 is 1.94 bits per heavy atom. The van der Waals surface area contributed by atoms with Crippen LogP contribution in [0.1, 0.15) is 25.5 Å². The lowest BCUT2D eigenvalue weighted by Crippen LogP contribution is -2.19. The number of ether oxygens (including phenoxy) is 1. The highest BCUT2D eigenvalue weighted by Crippen LogP contribution is 2.25. The van der Waals surface area contributed by atoms with Crippen LogP contribution in [-0.2, 0) is 9.53 Å². The van der Waals surface area contributed by atoms with E-state index in [0.717, 1.165) is 0 Å². The summed E-state index contributed by atoms with van der Waals surface area (Å²) in [6.07, 6.45) is -1.72. The third-order valence-corrected chi connectivity index (χ3v) is 2.66. The predicted molar refractivity (Wildman–Crippen MR) is 63.6 cm³/mol. The number of aliphatic imine (C=N–C) groups is 1. The molecule has 0 amide bonds. The average molecular weight is 233 g/mol. The predicted octanol–water partition coefficient (Wildman–Crippen LogP) is 1.70. The first-order valence-electron chi connectivity index (χ1n) is 5.61. The average Bonchev–Trinajstić information content (AvgIpc) is 2.71. The van der Waals surface area contributed by atoms with Crippen LogP contribution >= 0.6 is 0 Å². The Hall–Kier alpha value is -1.68. The zero-order valence-electron chi connectivity index (χ0n) is 9.83. The maximum Gasteiger partial charge on any atom is 0.354 e. The fourth-order valence-corrected chi connectivity index (χ4v) is 1.72. The van der Waals surface area contributed by atoms with Crippen LogP contribution < -0.4 is 0 Å². The minimum absolute atomic E-state index is 0.00970. The first-order chi connectivity index (χ1) is 8.09. The van der Waals surface area contributed by atoms with Gasteiger partial charge in [0, 0.05) is 5.92 Å². The van der Waals surface area contributed by atoms with Gasteiger partial charge in [0.25, 0.3) is 0 Å². The lowest BCUT2D eigenvalue weighted by Gasteiger charge is -2.14. The van der Waals surface area contributed by atoms with E-state index in [1.54, 1.807) is 12.1 Å². The minimum Gasteiger partial charge on any atom is -0.432 e. The third kappa shape index (κ3) is 2.36. The summed E-state index contributed by atoms with van der Waals surface area (Å²) in [5.41, 5.74) is 1.09. The van der Waals surface area contributed by atoms with Gasteiger partial charge in [0.1, 0.15) is 11.8 Å². The summed E-state index contributed by atoms with van der Waals surface area (Å²) >= 11 is 0. The number of aliphatic hydroxyl groups excluding tert-OH is 1. The van der Waals surface area contributed by atoms with E-state index in [4.69, 9.17) is 4.74 Å². The van der Waals surface area contributed by atoms with Crippen LogP contribution in [0.5, 0.6) is 0 Å². The van der Waals surface area contributed by atoms with Crippen LogP contribution in [0.25, 0.3) is 0 Å². The Balaban J connectivity index is 2.18. The van der Waals surface area contributed by atoms with Crippen LogP contribution in [-0.4, -0.2) is 23.0 Å². The fraction of sp³-hybridized carbons (Fsp3) is 0.385. The Morgan fingerprint density at radius 3 is 2.47 bits per heavy atom. The van der Waals surface area contributed by atoms with Crippen molar-refractivity contribution in [3.05, 3.63) is 35.9 Å². The molecule has 2 rings (SSSR count). The molecule has 4 nitrogen and oxygen atoms in total. The van der Waals surface area contributed by atoms with Crippen molar-refractivity contribution in [3.63, 3.8) is 0 Å². The van der Waals surface area contributed by atoms with Gasteiger partial charge >= 0.3 is 5.97 Å². The molecule has 1 aromatic carbocycles. The molecule has 1 N–H and O–H groups in total. The summed E-state index contributed by atoms with van der Waals surface area (Å²) in [7, 11) is 0. The Kier molecular flexibility index (Phi) is 3.24. The lowest BCUT2D eigenvalue weighted by atomic mass is 10.1. The number of carbonyl (C=O) groups excluding carboxylic acids is 1. The fourth-order valence-electron chi connectivity index (χ4n) is 1.72. The van der Waals surface area contributed by atoms with E-state index in [1.165, 1.54) is 0 Å².